The fourth-order valence-electron chi connectivity index (χ4n) is 3.75. The molecule has 1 aliphatic rings. The van der Waals surface area contributed by atoms with Gasteiger partial charge in [0.1, 0.15) is 0 Å². The van der Waals surface area contributed by atoms with E-state index in [-0.39, 0.29) is 17.2 Å². The third-order valence-corrected chi connectivity index (χ3v) is 6.94. The molecule has 1 N–H and O–H groups in total. The lowest BCUT2D eigenvalue weighted by Crippen LogP contribution is -2.24. The van der Waals surface area contributed by atoms with Crippen molar-refractivity contribution in [3.63, 3.8) is 0 Å². The third kappa shape index (κ3) is 5.55. The highest BCUT2D eigenvalue weighted by molar-refractivity contribution is 7.99. The zero-order chi connectivity index (χ0) is 22.5. The largest absolute Gasteiger partial charge is 0.324 e. The van der Waals surface area contributed by atoms with Crippen molar-refractivity contribution in [2.75, 3.05) is 11.1 Å². The number of anilines is 1. The highest BCUT2D eigenvalue weighted by atomic mass is 35.5. The number of amides is 1. The second-order valence-electron chi connectivity index (χ2n) is 7.69. The van der Waals surface area contributed by atoms with Crippen LogP contribution in [0.2, 0.25) is 10.0 Å². The van der Waals surface area contributed by atoms with Crippen molar-refractivity contribution < 1.29 is 4.79 Å². The minimum Gasteiger partial charge on any atom is -0.324 e. The number of thioether (sulfide) groups is 1. The maximum atomic E-state index is 13.2. The highest BCUT2D eigenvalue weighted by Crippen LogP contribution is 2.26. The standard InChI is InChI=1S/C24H23Cl2N3O2S/c25-17-10-11-19(26)21(14-17)27-22(30)15-32-24-28-20-9-5-4-8-18(20)23(31)29(24)13-12-16-6-2-1-3-7-16/h4-6,8-11,14H,1-3,7,12-13,15H2,(H,27,30). The predicted octanol–water partition coefficient (Wildman–Crippen LogP) is 6.32. The molecule has 1 aromatic heterocycles. The van der Waals surface area contributed by atoms with Gasteiger partial charge in [-0.3, -0.25) is 14.2 Å². The molecule has 0 aliphatic heterocycles. The van der Waals surface area contributed by atoms with Gasteiger partial charge in [0.05, 0.1) is 27.4 Å². The molecule has 32 heavy (non-hydrogen) atoms. The van der Waals surface area contributed by atoms with Crippen LogP contribution in [-0.4, -0.2) is 21.2 Å². The van der Waals surface area contributed by atoms with Crippen LogP contribution in [0.25, 0.3) is 10.9 Å². The molecule has 8 heteroatoms. The molecule has 0 atom stereocenters. The summed E-state index contributed by atoms with van der Waals surface area (Å²) in [7, 11) is 0. The third-order valence-electron chi connectivity index (χ3n) is 5.40. The number of para-hydroxylation sites is 1. The summed E-state index contributed by atoms with van der Waals surface area (Å²) in [5.41, 5.74) is 2.40. The number of hydrogen-bond acceptors (Lipinski definition) is 4. The predicted molar refractivity (Wildman–Crippen MR) is 133 cm³/mol. The van der Waals surface area contributed by atoms with Gasteiger partial charge in [-0.15, -0.1) is 0 Å². The Kier molecular flexibility index (Phi) is 7.55. The summed E-state index contributed by atoms with van der Waals surface area (Å²) < 4.78 is 1.70. The van der Waals surface area contributed by atoms with E-state index in [2.05, 4.69) is 16.4 Å². The summed E-state index contributed by atoms with van der Waals surface area (Å²) in [6.07, 6.45) is 7.73. The van der Waals surface area contributed by atoms with Gasteiger partial charge in [-0.1, -0.05) is 58.7 Å². The molecule has 0 unspecified atom stereocenters. The van der Waals surface area contributed by atoms with E-state index >= 15 is 0 Å². The topological polar surface area (TPSA) is 64.0 Å². The SMILES string of the molecule is O=C(CSc1nc2ccccc2c(=O)n1CCC1=CCCCC1)Nc1cc(Cl)ccc1Cl. The lowest BCUT2D eigenvalue weighted by atomic mass is 9.97. The summed E-state index contributed by atoms with van der Waals surface area (Å²) in [4.78, 5) is 30.4. The fourth-order valence-corrected chi connectivity index (χ4v) is 4.91. The first-order valence-electron chi connectivity index (χ1n) is 10.6. The zero-order valence-corrected chi connectivity index (χ0v) is 19.8. The summed E-state index contributed by atoms with van der Waals surface area (Å²) in [6.45, 7) is 0.548. The summed E-state index contributed by atoms with van der Waals surface area (Å²) in [6, 6.07) is 12.2. The first-order valence-corrected chi connectivity index (χ1v) is 12.3. The Balaban J connectivity index is 1.54. The number of aromatic nitrogens is 2. The lowest BCUT2D eigenvalue weighted by Gasteiger charge is -2.16. The maximum absolute atomic E-state index is 13.2. The minimum absolute atomic E-state index is 0.0761. The molecule has 0 radical (unpaired) electrons. The molecule has 2 aromatic carbocycles. The number of benzene rings is 2. The van der Waals surface area contributed by atoms with Crippen LogP contribution < -0.4 is 10.9 Å². The molecular weight excluding hydrogens is 465 g/mol. The number of carbonyl (C=O) groups is 1. The first kappa shape index (κ1) is 22.9. The van der Waals surface area contributed by atoms with E-state index in [4.69, 9.17) is 23.2 Å². The Hall–Kier alpha value is -2.28. The molecule has 4 rings (SSSR count). The van der Waals surface area contributed by atoms with Crippen LogP contribution in [0.4, 0.5) is 5.69 Å². The maximum Gasteiger partial charge on any atom is 0.262 e. The highest BCUT2D eigenvalue weighted by Gasteiger charge is 2.15. The molecular formula is C24H23Cl2N3O2S. The van der Waals surface area contributed by atoms with E-state index in [1.165, 1.54) is 30.2 Å². The first-order chi connectivity index (χ1) is 15.5. The van der Waals surface area contributed by atoms with E-state index < -0.39 is 0 Å². The Bertz CT molecular complexity index is 1240. The summed E-state index contributed by atoms with van der Waals surface area (Å²) >= 11 is 13.4. The van der Waals surface area contributed by atoms with Gasteiger partial charge >= 0.3 is 0 Å². The monoisotopic (exact) mass is 487 g/mol. The summed E-state index contributed by atoms with van der Waals surface area (Å²) in [5, 5.41) is 4.80. The molecule has 0 saturated heterocycles. The lowest BCUT2D eigenvalue weighted by molar-refractivity contribution is -0.113. The van der Waals surface area contributed by atoms with Crippen LogP contribution in [0.3, 0.4) is 0 Å². The van der Waals surface area contributed by atoms with E-state index in [1.807, 2.05) is 18.2 Å². The van der Waals surface area contributed by atoms with Gasteiger partial charge < -0.3 is 5.32 Å². The van der Waals surface area contributed by atoms with Crippen LogP contribution in [-0.2, 0) is 11.3 Å². The van der Waals surface area contributed by atoms with E-state index in [1.54, 1.807) is 28.8 Å². The number of halogens is 2. The molecule has 0 fully saturated rings. The van der Waals surface area contributed by atoms with E-state index in [9.17, 15) is 9.59 Å². The number of nitrogens with zero attached hydrogens (tertiary/aromatic N) is 2. The Morgan fingerprint density at radius 3 is 2.81 bits per heavy atom. The molecule has 1 heterocycles. The van der Waals surface area contributed by atoms with Gasteiger partial charge in [-0.05, 0) is 62.4 Å². The summed E-state index contributed by atoms with van der Waals surface area (Å²) in [5.74, 6) is -0.154. The average Bonchev–Trinajstić information content (AvgIpc) is 2.80. The molecule has 1 aliphatic carbocycles. The molecule has 166 valence electrons. The van der Waals surface area contributed by atoms with Crippen LogP contribution in [0.15, 0.2) is 64.1 Å². The Morgan fingerprint density at radius 2 is 2.00 bits per heavy atom. The van der Waals surface area contributed by atoms with Gasteiger partial charge in [0.15, 0.2) is 5.16 Å². The molecule has 0 saturated carbocycles. The van der Waals surface area contributed by atoms with Crippen LogP contribution >= 0.6 is 35.0 Å². The average molecular weight is 488 g/mol. The van der Waals surface area contributed by atoms with Gasteiger partial charge in [-0.25, -0.2) is 4.98 Å². The molecule has 3 aromatic rings. The zero-order valence-electron chi connectivity index (χ0n) is 17.4. The quantitative estimate of drug-likeness (QED) is 0.240. The molecule has 5 nitrogen and oxygen atoms in total. The van der Waals surface area contributed by atoms with Crippen LogP contribution in [0, 0.1) is 0 Å². The Morgan fingerprint density at radius 1 is 1.16 bits per heavy atom. The number of fused-ring (bicyclic) bond motifs is 1. The van der Waals surface area contributed by atoms with Crippen molar-refractivity contribution in [3.05, 3.63) is 74.5 Å². The number of allylic oxidation sites excluding steroid dienone is 2. The smallest absolute Gasteiger partial charge is 0.262 e. The number of hydrogen-bond donors (Lipinski definition) is 1. The minimum atomic E-state index is -0.247. The van der Waals surface area contributed by atoms with E-state index in [0.29, 0.717) is 38.3 Å². The van der Waals surface area contributed by atoms with Crippen LogP contribution in [0.5, 0.6) is 0 Å². The normalized spacial score (nSPS) is 13.8. The van der Waals surface area contributed by atoms with Crippen molar-refractivity contribution in [2.24, 2.45) is 0 Å². The fraction of sp³-hybridized carbons (Fsp3) is 0.292. The van der Waals surface area contributed by atoms with Crippen molar-refractivity contribution in [3.8, 4) is 0 Å². The second-order valence-corrected chi connectivity index (χ2v) is 9.47. The van der Waals surface area contributed by atoms with Crippen molar-refractivity contribution in [1.82, 2.24) is 9.55 Å². The molecule has 1 amide bonds. The van der Waals surface area contributed by atoms with Crippen LogP contribution in [0.1, 0.15) is 32.1 Å². The van der Waals surface area contributed by atoms with Crippen molar-refractivity contribution >= 4 is 57.5 Å². The van der Waals surface area contributed by atoms with Crippen molar-refractivity contribution in [1.29, 1.82) is 0 Å². The second kappa shape index (κ2) is 10.6. The van der Waals surface area contributed by atoms with Crippen molar-refractivity contribution in [2.45, 2.75) is 43.8 Å². The molecule has 0 spiro atoms. The molecule has 0 bridgehead atoms. The van der Waals surface area contributed by atoms with E-state index in [0.717, 1.165) is 19.3 Å². The number of rotatable bonds is 7. The van der Waals surface area contributed by atoms with Gasteiger partial charge in [0.25, 0.3) is 5.56 Å². The van der Waals surface area contributed by atoms with Gasteiger partial charge in [0, 0.05) is 11.6 Å². The van der Waals surface area contributed by atoms with Gasteiger partial charge in [0.2, 0.25) is 5.91 Å². The Labute approximate surface area is 200 Å². The number of nitrogens with one attached hydrogen (secondary N) is 1. The number of carbonyl (C=O) groups excluding carboxylic acids is 1. The van der Waals surface area contributed by atoms with Gasteiger partial charge in [-0.2, -0.15) is 0 Å².